The van der Waals surface area contributed by atoms with Crippen LogP contribution in [0.1, 0.15) is 38.4 Å². The van der Waals surface area contributed by atoms with Crippen LogP contribution in [0.15, 0.2) is 41.3 Å². The summed E-state index contributed by atoms with van der Waals surface area (Å²) in [4.78, 5) is 28.0. The molecule has 1 aromatic heterocycles. The van der Waals surface area contributed by atoms with Crippen LogP contribution in [0.5, 0.6) is 0 Å². The molecule has 2 amide bonds. The maximum atomic E-state index is 13.2. The summed E-state index contributed by atoms with van der Waals surface area (Å²) in [6.07, 6.45) is -3.15. The molecule has 1 aliphatic rings. The van der Waals surface area contributed by atoms with Crippen molar-refractivity contribution in [3.8, 4) is 0 Å². The number of anilines is 1. The van der Waals surface area contributed by atoms with E-state index in [9.17, 15) is 31.2 Å². The Morgan fingerprint density at radius 2 is 1.76 bits per heavy atom. The summed E-state index contributed by atoms with van der Waals surface area (Å²) in [7, 11) is -3.92. The molecule has 13 heteroatoms. The summed E-state index contributed by atoms with van der Waals surface area (Å²) in [6, 6.07) is 8.82. The minimum atomic E-state index is -4.57. The maximum Gasteiger partial charge on any atom is 0.405 e. The van der Waals surface area contributed by atoms with Crippen LogP contribution in [0.4, 0.5) is 18.9 Å². The molecule has 38 heavy (non-hydrogen) atoms. The van der Waals surface area contributed by atoms with Crippen LogP contribution in [-0.2, 0) is 20.4 Å². The first kappa shape index (κ1) is 27.7. The van der Waals surface area contributed by atoms with Crippen molar-refractivity contribution >= 4 is 62.2 Å². The number of benzene rings is 2. The van der Waals surface area contributed by atoms with Crippen molar-refractivity contribution in [2.75, 3.05) is 11.9 Å². The molecule has 7 nitrogen and oxygen atoms in total. The van der Waals surface area contributed by atoms with E-state index in [0.717, 1.165) is 0 Å². The van der Waals surface area contributed by atoms with Gasteiger partial charge in [-0.2, -0.15) is 13.2 Å². The first-order valence-electron chi connectivity index (χ1n) is 11.0. The molecule has 0 radical (unpaired) electrons. The molecule has 0 atom stereocenters. The summed E-state index contributed by atoms with van der Waals surface area (Å²) in [6.45, 7) is 1.56. The zero-order chi connectivity index (χ0) is 28.0. The van der Waals surface area contributed by atoms with E-state index < -0.39 is 40.1 Å². The Hall–Kier alpha value is -3.28. The average molecular weight is 586 g/mol. The largest absolute Gasteiger partial charge is 0.405 e. The Labute approximate surface area is 225 Å². The first-order chi connectivity index (χ1) is 17.7. The van der Waals surface area contributed by atoms with Crippen LogP contribution in [-0.4, -0.2) is 37.9 Å². The summed E-state index contributed by atoms with van der Waals surface area (Å²) in [5.41, 5.74) is 2.00. The van der Waals surface area contributed by atoms with E-state index in [-0.39, 0.29) is 31.6 Å². The van der Waals surface area contributed by atoms with Gasteiger partial charge in [0.1, 0.15) is 6.54 Å². The highest BCUT2D eigenvalue weighted by atomic mass is 35.5. The van der Waals surface area contributed by atoms with Gasteiger partial charge in [0, 0.05) is 38.2 Å². The van der Waals surface area contributed by atoms with Gasteiger partial charge >= 0.3 is 6.18 Å². The monoisotopic (exact) mass is 585 g/mol. The maximum absolute atomic E-state index is 13.2. The van der Waals surface area contributed by atoms with E-state index >= 15 is 0 Å². The molecule has 3 N–H and O–H groups in total. The SMILES string of the molecule is Cc1[nH]c(C=C2C(=O)Nc3ccc(S(=O)(=O)Cc4c(Cl)cccc4Cl)cc32)c(C)c1C(=O)NCC(F)(F)F. The van der Waals surface area contributed by atoms with Crippen molar-refractivity contribution < 1.29 is 31.2 Å². The quantitative estimate of drug-likeness (QED) is 0.322. The number of nitrogens with one attached hydrogen (secondary N) is 3. The third kappa shape index (κ3) is 5.59. The number of sulfone groups is 1. The topological polar surface area (TPSA) is 108 Å². The Kier molecular flexibility index (Phi) is 7.39. The van der Waals surface area contributed by atoms with Crippen molar-refractivity contribution in [1.82, 2.24) is 10.3 Å². The van der Waals surface area contributed by atoms with Gasteiger partial charge in [-0.05, 0) is 55.8 Å². The third-order valence-corrected chi connectivity index (χ3v) is 8.32. The Morgan fingerprint density at radius 3 is 2.39 bits per heavy atom. The van der Waals surface area contributed by atoms with Gasteiger partial charge in [0.15, 0.2) is 9.84 Å². The molecular weight excluding hydrogens is 566 g/mol. The van der Waals surface area contributed by atoms with E-state index in [0.29, 0.717) is 28.2 Å². The highest BCUT2D eigenvalue weighted by Gasteiger charge is 2.30. The molecule has 0 saturated heterocycles. The van der Waals surface area contributed by atoms with Crippen LogP contribution in [0.2, 0.25) is 10.0 Å². The zero-order valence-electron chi connectivity index (χ0n) is 19.9. The lowest BCUT2D eigenvalue weighted by Crippen LogP contribution is -2.34. The number of aryl methyl sites for hydroxylation is 1. The zero-order valence-corrected chi connectivity index (χ0v) is 22.2. The first-order valence-corrected chi connectivity index (χ1v) is 13.5. The number of aromatic amines is 1. The van der Waals surface area contributed by atoms with Crippen molar-refractivity contribution in [1.29, 1.82) is 0 Å². The minimum absolute atomic E-state index is 0.0210. The molecule has 0 saturated carbocycles. The predicted octanol–water partition coefficient (Wildman–Crippen LogP) is 5.70. The van der Waals surface area contributed by atoms with Crippen LogP contribution < -0.4 is 10.6 Å². The van der Waals surface area contributed by atoms with Gasteiger partial charge in [-0.15, -0.1) is 0 Å². The Balaban J connectivity index is 1.70. The smallest absolute Gasteiger partial charge is 0.358 e. The average Bonchev–Trinajstić information content (AvgIpc) is 3.28. The second kappa shape index (κ2) is 10.1. The number of hydrogen-bond donors (Lipinski definition) is 3. The number of alkyl halides is 3. The fourth-order valence-electron chi connectivity index (χ4n) is 4.12. The van der Waals surface area contributed by atoms with Gasteiger partial charge in [-0.25, -0.2) is 8.42 Å². The van der Waals surface area contributed by atoms with E-state index in [4.69, 9.17) is 23.2 Å². The van der Waals surface area contributed by atoms with Crippen LogP contribution in [0, 0.1) is 13.8 Å². The molecule has 2 aromatic carbocycles. The van der Waals surface area contributed by atoms with Crippen molar-refractivity contribution in [3.05, 3.63) is 80.1 Å². The summed E-state index contributed by atoms with van der Waals surface area (Å²) in [5.74, 6) is -1.89. The van der Waals surface area contributed by atoms with Crippen molar-refractivity contribution in [2.45, 2.75) is 30.7 Å². The second-order valence-corrected chi connectivity index (χ2v) is 11.4. The predicted molar refractivity (Wildman–Crippen MR) is 139 cm³/mol. The fraction of sp³-hybridized carbons (Fsp3) is 0.200. The normalized spacial score (nSPS) is 14.5. The number of carbonyl (C=O) groups is 2. The van der Waals surface area contributed by atoms with Crippen LogP contribution in [0.25, 0.3) is 11.6 Å². The lowest BCUT2D eigenvalue weighted by atomic mass is 10.0. The molecule has 0 spiro atoms. The number of aromatic nitrogens is 1. The molecule has 0 unspecified atom stereocenters. The molecule has 200 valence electrons. The molecular formula is C25H20Cl2F3N3O4S. The number of halogens is 5. The molecule has 0 aliphatic carbocycles. The summed E-state index contributed by atoms with van der Waals surface area (Å²) in [5, 5.41) is 4.89. The van der Waals surface area contributed by atoms with Gasteiger partial charge in [-0.3, -0.25) is 9.59 Å². The number of fused-ring (bicyclic) bond motifs is 1. The minimum Gasteiger partial charge on any atom is -0.358 e. The van der Waals surface area contributed by atoms with Crippen LogP contribution >= 0.6 is 23.2 Å². The summed E-state index contributed by atoms with van der Waals surface area (Å²) < 4.78 is 64.0. The van der Waals surface area contributed by atoms with Crippen LogP contribution in [0.3, 0.4) is 0 Å². The van der Waals surface area contributed by atoms with E-state index in [1.807, 2.05) is 5.32 Å². The molecule has 0 bridgehead atoms. The molecule has 4 rings (SSSR count). The molecule has 1 aliphatic heterocycles. The number of carbonyl (C=O) groups excluding carboxylic acids is 2. The van der Waals surface area contributed by atoms with Gasteiger partial charge in [0.2, 0.25) is 0 Å². The van der Waals surface area contributed by atoms with E-state index in [1.54, 1.807) is 6.07 Å². The summed E-state index contributed by atoms with van der Waals surface area (Å²) >= 11 is 12.3. The van der Waals surface area contributed by atoms with Crippen molar-refractivity contribution in [3.63, 3.8) is 0 Å². The fourth-order valence-corrected chi connectivity index (χ4v) is 6.24. The van der Waals surface area contributed by atoms with E-state index in [2.05, 4.69) is 10.3 Å². The second-order valence-electron chi connectivity index (χ2n) is 8.64. The van der Waals surface area contributed by atoms with Crippen molar-refractivity contribution in [2.24, 2.45) is 0 Å². The highest BCUT2D eigenvalue weighted by Crippen LogP contribution is 2.37. The molecule has 0 fully saturated rings. The number of hydrogen-bond acceptors (Lipinski definition) is 4. The molecule has 2 heterocycles. The number of amides is 2. The highest BCUT2D eigenvalue weighted by molar-refractivity contribution is 7.90. The van der Waals surface area contributed by atoms with Gasteiger partial charge in [0.05, 0.1) is 21.8 Å². The third-order valence-electron chi connectivity index (χ3n) is 5.97. The lowest BCUT2D eigenvalue weighted by Gasteiger charge is -2.10. The van der Waals surface area contributed by atoms with Gasteiger partial charge in [-0.1, -0.05) is 29.3 Å². The standard InChI is InChI=1S/C25H20Cl2F3N3O4S/c1-12-21(32-13(2)22(12)24(35)31-11-25(28,29)30)9-16-15-8-14(6-7-20(15)33-23(16)34)38(36,37)10-17-18(26)4-3-5-19(17)27/h3-9,32H,10-11H2,1-2H3,(H,31,35)(H,33,34). The lowest BCUT2D eigenvalue weighted by molar-refractivity contribution is -0.123. The number of H-pyrrole nitrogens is 1. The molecule has 3 aromatic rings. The van der Waals surface area contributed by atoms with E-state index in [1.165, 1.54) is 50.3 Å². The van der Waals surface area contributed by atoms with Gasteiger partial charge < -0.3 is 15.6 Å². The Bertz CT molecular complexity index is 1590. The number of rotatable bonds is 6. The Morgan fingerprint density at radius 1 is 1.11 bits per heavy atom. The van der Waals surface area contributed by atoms with Gasteiger partial charge in [0.25, 0.3) is 11.8 Å².